The van der Waals surface area contributed by atoms with Crippen LogP contribution in [0.3, 0.4) is 0 Å². The van der Waals surface area contributed by atoms with Crippen molar-refractivity contribution >= 4 is 36.7 Å². The normalized spacial score (nSPS) is 14.7. The Balaban J connectivity index is 1.32. The van der Waals surface area contributed by atoms with Crippen molar-refractivity contribution in [1.82, 2.24) is 30.7 Å². The van der Waals surface area contributed by atoms with E-state index >= 15 is 0 Å². The number of aromatic nitrogens is 1. The van der Waals surface area contributed by atoms with Gasteiger partial charge >= 0.3 is 0 Å². The zero-order valence-corrected chi connectivity index (χ0v) is 25.1. The lowest BCUT2D eigenvalue weighted by atomic mass is 10.0. The highest BCUT2D eigenvalue weighted by Gasteiger charge is 2.35. The number of aliphatic imine (C=N–C) groups is 1. The molecule has 0 radical (unpaired) electrons. The number of hydrazine groups is 1. The number of piperazine rings is 1. The topological polar surface area (TPSA) is 123 Å². The first kappa shape index (κ1) is 31.9. The Morgan fingerprint density at radius 3 is 2.63 bits per heavy atom. The average Bonchev–Trinajstić information content (AvgIpc) is 3.53. The predicted molar refractivity (Wildman–Crippen MR) is 171 cm³/mol. The summed E-state index contributed by atoms with van der Waals surface area (Å²) in [6.07, 6.45) is 1.63. The van der Waals surface area contributed by atoms with Crippen LogP contribution < -0.4 is 10.7 Å². The zero-order chi connectivity index (χ0) is 32.5. The summed E-state index contributed by atoms with van der Waals surface area (Å²) in [7, 11) is 0. The molecule has 1 aliphatic heterocycles. The van der Waals surface area contributed by atoms with Crippen molar-refractivity contribution in [3.05, 3.63) is 114 Å². The fraction of sp³-hybridized carbons (Fsp3) is 0.206. The lowest BCUT2D eigenvalue weighted by Gasteiger charge is -2.42. The first-order valence-electron chi connectivity index (χ1n) is 14.6. The van der Waals surface area contributed by atoms with Gasteiger partial charge < -0.3 is 14.3 Å². The summed E-state index contributed by atoms with van der Waals surface area (Å²) in [5.41, 5.74) is 7.02. The molecule has 2 heterocycles. The third-order valence-corrected chi connectivity index (χ3v) is 7.65. The fourth-order valence-corrected chi connectivity index (χ4v) is 5.31. The number of amides is 3. The molecule has 3 aromatic carbocycles. The summed E-state index contributed by atoms with van der Waals surface area (Å²) >= 11 is 0. The van der Waals surface area contributed by atoms with Crippen LogP contribution in [0.15, 0.2) is 95.0 Å². The standard InChI is InChI=1S/C34H34FN7O4/c1-3-29-26(10-7-11-30(29)36-2)18-40-20-32(37-17-24-8-5-4-6-9-24)42(22-33(40)44)34(45)21-41(38-23-43)19-28-16-31(39-46-28)25-12-14-27(35)15-13-25/h3-16,23,32,37H,1-2,17-22H2,(H,38,43). The van der Waals surface area contributed by atoms with E-state index in [0.29, 0.717) is 42.2 Å². The van der Waals surface area contributed by atoms with E-state index in [9.17, 15) is 18.8 Å². The van der Waals surface area contributed by atoms with E-state index in [4.69, 9.17) is 4.52 Å². The molecular formula is C34H34FN7O4. The summed E-state index contributed by atoms with van der Waals surface area (Å²) in [6.45, 7) is 8.14. The predicted octanol–water partition coefficient (Wildman–Crippen LogP) is 3.91. The van der Waals surface area contributed by atoms with Gasteiger partial charge in [-0.15, -0.1) is 0 Å². The number of nitrogens with zero attached hydrogens (tertiary/aromatic N) is 5. The SMILES string of the molecule is C=Cc1c(CN2CC(NCc3ccccc3)N(C(=O)CN(Cc3cc(-c4ccc(F)cc4)no3)NC=O)CC2=O)cccc1N=C. The molecule has 0 bridgehead atoms. The summed E-state index contributed by atoms with van der Waals surface area (Å²) in [4.78, 5) is 45.9. The molecule has 1 aromatic heterocycles. The van der Waals surface area contributed by atoms with Crippen molar-refractivity contribution in [3.63, 3.8) is 0 Å². The molecule has 1 saturated heterocycles. The molecule has 1 atom stereocenters. The second kappa shape index (κ2) is 15.0. The minimum Gasteiger partial charge on any atom is -0.359 e. The largest absolute Gasteiger partial charge is 0.359 e. The quantitative estimate of drug-likeness (QED) is 0.124. The van der Waals surface area contributed by atoms with Gasteiger partial charge in [0.2, 0.25) is 18.2 Å². The Hall–Kier alpha value is -5.46. The van der Waals surface area contributed by atoms with Gasteiger partial charge in [0.1, 0.15) is 24.2 Å². The van der Waals surface area contributed by atoms with E-state index in [1.165, 1.54) is 22.0 Å². The summed E-state index contributed by atoms with van der Waals surface area (Å²) in [6, 6.07) is 22.8. The Bertz CT molecular complexity index is 1690. The van der Waals surface area contributed by atoms with Crippen LogP contribution in [-0.4, -0.2) is 70.7 Å². The molecule has 0 saturated carbocycles. The highest BCUT2D eigenvalue weighted by Crippen LogP contribution is 2.26. The van der Waals surface area contributed by atoms with Gasteiger partial charge in [0.05, 0.1) is 25.3 Å². The number of benzene rings is 3. The molecular weight excluding hydrogens is 589 g/mol. The molecule has 0 aliphatic carbocycles. The lowest BCUT2D eigenvalue weighted by molar-refractivity contribution is -0.152. The second-order valence-corrected chi connectivity index (χ2v) is 10.7. The minimum absolute atomic E-state index is 0.0205. The van der Waals surface area contributed by atoms with E-state index in [2.05, 4.69) is 34.2 Å². The van der Waals surface area contributed by atoms with Crippen LogP contribution in [0.5, 0.6) is 0 Å². The number of rotatable bonds is 14. The Labute approximate surface area is 266 Å². The monoisotopic (exact) mass is 623 g/mol. The summed E-state index contributed by atoms with van der Waals surface area (Å²) in [5.74, 6) is -0.609. The fourth-order valence-electron chi connectivity index (χ4n) is 5.31. The van der Waals surface area contributed by atoms with E-state index < -0.39 is 6.17 Å². The van der Waals surface area contributed by atoms with Crippen LogP contribution in [0, 0.1) is 5.82 Å². The van der Waals surface area contributed by atoms with Gasteiger partial charge in [0, 0.05) is 30.3 Å². The van der Waals surface area contributed by atoms with Crippen LogP contribution >= 0.6 is 0 Å². The van der Waals surface area contributed by atoms with Crippen molar-refractivity contribution < 1.29 is 23.3 Å². The first-order valence-corrected chi connectivity index (χ1v) is 14.6. The summed E-state index contributed by atoms with van der Waals surface area (Å²) in [5, 5.41) is 8.84. The Morgan fingerprint density at radius 1 is 1.13 bits per heavy atom. The molecule has 0 spiro atoms. The molecule has 1 aliphatic rings. The Kier molecular flexibility index (Phi) is 10.4. The van der Waals surface area contributed by atoms with E-state index in [-0.39, 0.29) is 43.8 Å². The molecule has 46 heavy (non-hydrogen) atoms. The highest BCUT2D eigenvalue weighted by molar-refractivity contribution is 5.87. The maximum atomic E-state index is 13.8. The van der Waals surface area contributed by atoms with Gasteiger partial charge in [-0.25, -0.2) is 9.40 Å². The Morgan fingerprint density at radius 2 is 1.91 bits per heavy atom. The van der Waals surface area contributed by atoms with E-state index in [1.54, 1.807) is 29.2 Å². The number of carbonyl (C=O) groups is 3. The van der Waals surface area contributed by atoms with Gasteiger partial charge in [-0.05, 0) is 48.2 Å². The first-order chi connectivity index (χ1) is 22.4. The van der Waals surface area contributed by atoms with Gasteiger partial charge in [-0.3, -0.25) is 30.1 Å². The molecule has 2 N–H and O–H groups in total. The molecule has 11 nitrogen and oxygen atoms in total. The minimum atomic E-state index is -0.522. The van der Waals surface area contributed by atoms with Crippen molar-refractivity contribution in [3.8, 4) is 11.3 Å². The van der Waals surface area contributed by atoms with Crippen LogP contribution in [-0.2, 0) is 34.0 Å². The van der Waals surface area contributed by atoms with Gasteiger partial charge in [-0.1, -0.05) is 60.3 Å². The maximum absolute atomic E-state index is 13.8. The number of hydrogen-bond donors (Lipinski definition) is 2. The number of halogens is 1. The zero-order valence-electron chi connectivity index (χ0n) is 25.1. The number of hydrogen-bond acceptors (Lipinski definition) is 8. The van der Waals surface area contributed by atoms with Crippen LogP contribution in [0.1, 0.15) is 22.5 Å². The van der Waals surface area contributed by atoms with Crippen molar-refractivity contribution in [2.24, 2.45) is 4.99 Å². The van der Waals surface area contributed by atoms with Gasteiger partial charge in [0.25, 0.3) is 0 Å². The van der Waals surface area contributed by atoms with E-state index in [0.717, 1.165) is 16.7 Å². The average molecular weight is 624 g/mol. The molecule has 1 fully saturated rings. The van der Waals surface area contributed by atoms with Crippen LogP contribution in [0.25, 0.3) is 17.3 Å². The lowest BCUT2D eigenvalue weighted by Crippen LogP contribution is -2.63. The highest BCUT2D eigenvalue weighted by atomic mass is 19.1. The van der Waals surface area contributed by atoms with Crippen molar-refractivity contribution in [1.29, 1.82) is 0 Å². The maximum Gasteiger partial charge on any atom is 0.242 e. The molecule has 1 unspecified atom stereocenters. The number of carbonyl (C=O) groups excluding carboxylic acids is 3. The third-order valence-electron chi connectivity index (χ3n) is 7.65. The third kappa shape index (κ3) is 7.78. The molecule has 4 aromatic rings. The van der Waals surface area contributed by atoms with Crippen molar-refractivity contribution in [2.75, 3.05) is 19.6 Å². The second-order valence-electron chi connectivity index (χ2n) is 10.7. The molecule has 5 rings (SSSR count). The molecule has 3 amide bonds. The van der Waals surface area contributed by atoms with Gasteiger partial charge in [-0.2, -0.15) is 0 Å². The van der Waals surface area contributed by atoms with Crippen molar-refractivity contribution in [2.45, 2.75) is 25.8 Å². The van der Waals surface area contributed by atoms with Crippen LogP contribution in [0.4, 0.5) is 10.1 Å². The smallest absolute Gasteiger partial charge is 0.242 e. The van der Waals surface area contributed by atoms with Gasteiger partial charge in [0.15, 0.2) is 5.76 Å². The molecule has 236 valence electrons. The van der Waals surface area contributed by atoms with E-state index in [1.807, 2.05) is 48.5 Å². The number of nitrogens with one attached hydrogen (secondary N) is 2. The van der Waals surface area contributed by atoms with Crippen LogP contribution in [0.2, 0.25) is 0 Å². The molecule has 12 heteroatoms. The summed E-state index contributed by atoms with van der Waals surface area (Å²) < 4.78 is 18.8.